The van der Waals surface area contributed by atoms with Crippen LogP contribution in [0.2, 0.25) is 0 Å². The van der Waals surface area contributed by atoms with Crippen LogP contribution in [-0.2, 0) is 27.7 Å². The van der Waals surface area contributed by atoms with Crippen molar-refractivity contribution in [1.29, 1.82) is 0 Å². The molecule has 1 amide bonds. The van der Waals surface area contributed by atoms with Gasteiger partial charge in [0, 0.05) is 16.8 Å². The smallest absolute Gasteiger partial charge is 0.231 e. The van der Waals surface area contributed by atoms with Crippen LogP contribution in [0, 0.1) is 0 Å². The van der Waals surface area contributed by atoms with E-state index in [1.807, 2.05) is 23.1 Å². The molecule has 0 spiro atoms. The molecule has 0 aliphatic carbocycles. The van der Waals surface area contributed by atoms with Crippen LogP contribution in [0.15, 0.2) is 47.2 Å². The van der Waals surface area contributed by atoms with Crippen molar-refractivity contribution in [3.8, 4) is 0 Å². The lowest BCUT2D eigenvalue weighted by molar-refractivity contribution is -0.132. The standard InChI is InChI=1S/C19H19N3O3S3/c1-28(24,25)21-19-20-14(12-27-19)11-17(23)22-9-7-16-15(8-10-26-16)18(22)13-5-3-2-4-6-13/h2-6,8,10,12,18H,7,9,11H2,1H3,(H,20,21). The molecule has 1 unspecified atom stereocenters. The summed E-state index contributed by atoms with van der Waals surface area (Å²) in [6, 6.07) is 12.1. The number of amides is 1. The molecule has 28 heavy (non-hydrogen) atoms. The van der Waals surface area contributed by atoms with Crippen molar-refractivity contribution in [2.75, 3.05) is 17.5 Å². The second kappa shape index (κ2) is 7.65. The summed E-state index contributed by atoms with van der Waals surface area (Å²) in [7, 11) is -3.38. The van der Waals surface area contributed by atoms with Gasteiger partial charge in [-0.3, -0.25) is 9.52 Å². The van der Waals surface area contributed by atoms with E-state index in [1.54, 1.807) is 16.7 Å². The van der Waals surface area contributed by atoms with Gasteiger partial charge in [0.15, 0.2) is 5.13 Å². The van der Waals surface area contributed by atoms with Crippen LogP contribution < -0.4 is 4.72 Å². The highest BCUT2D eigenvalue weighted by Gasteiger charge is 2.32. The fourth-order valence-corrected chi connectivity index (χ4v) is 5.90. The fourth-order valence-electron chi connectivity index (χ4n) is 3.43. The van der Waals surface area contributed by atoms with Crippen LogP contribution in [0.3, 0.4) is 0 Å². The highest BCUT2D eigenvalue weighted by Crippen LogP contribution is 2.38. The minimum Gasteiger partial charge on any atom is -0.331 e. The van der Waals surface area contributed by atoms with Gasteiger partial charge in [-0.25, -0.2) is 13.4 Å². The number of thiazole rings is 1. The van der Waals surface area contributed by atoms with Crippen LogP contribution in [0.5, 0.6) is 0 Å². The van der Waals surface area contributed by atoms with Gasteiger partial charge >= 0.3 is 0 Å². The van der Waals surface area contributed by atoms with E-state index in [0.29, 0.717) is 12.2 Å². The lowest BCUT2D eigenvalue weighted by atomic mass is 9.93. The molecule has 0 radical (unpaired) electrons. The number of aromatic nitrogens is 1. The maximum absolute atomic E-state index is 13.1. The summed E-state index contributed by atoms with van der Waals surface area (Å²) in [5, 5.41) is 4.09. The molecule has 0 fully saturated rings. The lowest BCUT2D eigenvalue weighted by Gasteiger charge is -2.36. The Labute approximate surface area is 171 Å². The molecular weight excluding hydrogens is 414 g/mol. The molecule has 0 saturated heterocycles. The van der Waals surface area contributed by atoms with Gasteiger partial charge in [-0.05, 0) is 29.0 Å². The number of thiophene rings is 1. The van der Waals surface area contributed by atoms with E-state index in [9.17, 15) is 13.2 Å². The zero-order chi connectivity index (χ0) is 19.7. The number of rotatable bonds is 5. The van der Waals surface area contributed by atoms with Gasteiger partial charge in [0.05, 0.1) is 24.4 Å². The molecule has 1 atom stereocenters. The predicted octanol–water partition coefficient (Wildman–Crippen LogP) is 3.29. The van der Waals surface area contributed by atoms with E-state index in [0.717, 1.165) is 18.2 Å². The Morgan fingerprint density at radius 1 is 1.25 bits per heavy atom. The summed E-state index contributed by atoms with van der Waals surface area (Å²) in [6.45, 7) is 0.657. The molecule has 1 N–H and O–H groups in total. The van der Waals surface area contributed by atoms with Crippen LogP contribution in [0.25, 0.3) is 0 Å². The third-order valence-corrected chi connectivity index (χ3v) is 7.05. The molecule has 9 heteroatoms. The first-order valence-corrected chi connectivity index (χ1v) is 12.4. The molecule has 0 bridgehead atoms. The van der Waals surface area contributed by atoms with Crippen LogP contribution in [0.1, 0.15) is 27.7 Å². The number of carbonyl (C=O) groups excluding carboxylic acids is 1. The van der Waals surface area contributed by atoms with E-state index in [2.05, 4.69) is 33.3 Å². The lowest BCUT2D eigenvalue weighted by Crippen LogP contribution is -2.40. The normalized spacial score (nSPS) is 16.6. The van der Waals surface area contributed by atoms with Crippen LogP contribution in [-0.4, -0.2) is 37.0 Å². The quantitative estimate of drug-likeness (QED) is 0.670. The number of sulfonamides is 1. The van der Waals surface area contributed by atoms with Crippen molar-refractivity contribution in [1.82, 2.24) is 9.88 Å². The van der Waals surface area contributed by atoms with E-state index in [4.69, 9.17) is 0 Å². The Hall–Kier alpha value is -2.23. The maximum Gasteiger partial charge on any atom is 0.231 e. The molecule has 2 aromatic heterocycles. The van der Waals surface area contributed by atoms with E-state index in [-0.39, 0.29) is 23.5 Å². The van der Waals surface area contributed by atoms with Gasteiger partial charge < -0.3 is 4.90 Å². The second-order valence-corrected chi connectivity index (χ2v) is 10.3. The minimum absolute atomic E-state index is 0.0121. The zero-order valence-corrected chi connectivity index (χ0v) is 17.6. The van der Waals surface area contributed by atoms with Crippen molar-refractivity contribution in [2.45, 2.75) is 18.9 Å². The predicted molar refractivity (Wildman–Crippen MR) is 112 cm³/mol. The Morgan fingerprint density at radius 3 is 2.79 bits per heavy atom. The van der Waals surface area contributed by atoms with Crippen molar-refractivity contribution in [3.63, 3.8) is 0 Å². The third-order valence-electron chi connectivity index (χ3n) is 4.56. The first-order valence-electron chi connectivity index (χ1n) is 8.73. The SMILES string of the molecule is CS(=O)(=O)Nc1nc(CC(=O)N2CCc3sccc3C2c2ccccc2)cs1. The van der Waals surface area contributed by atoms with Crippen LogP contribution in [0.4, 0.5) is 5.13 Å². The van der Waals surface area contributed by atoms with E-state index < -0.39 is 10.0 Å². The summed E-state index contributed by atoms with van der Waals surface area (Å²) < 4.78 is 25.1. The Bertz CT molecular complexity index is 1090. The van der Waals surface area contributed by atoms with Crippen LogP contribution >= 0.6 is 22.7 Å². The van der Waals surface area contributed by atoms with Crippen molar-refractivity contribution < 1.29 is 13.2 Å². The van der Waals surface area contributed by atoms with Gasteiger partial charge in [0.1, 0.15) is 0 Å². The Kier molecular flexibility index (Phi) is 5.22. The van der Waals surface area contributed by atoms with E-state index >= 15 is 0 Å². The van der Waals surface area contributed by atoms with Gasteiger partial charge in [0.2, 0.25) is 15.9 Å². The highest BCUT2D eigenvalue weighted by molar-refractivity contribution is 7.92. The number of anilines is 1. The van der Waals surface area contributed by atoms with Crippen molar-refractivity contribution >= 4 is 43.7 Å². The number of nitrogens with zero attached hydrogens (tertiary/aromatic N) is 2. The number of carbonyl (C=O) groups is 1. The maximum atomic E-state index is 13.1. The Balaban J connectivity index is 1.58. The molecule has 3 aromatic rings. The molecule has 3 heterocycles. The summed E-state index contributed by atoms with van der Waals surface area (Å²) in [5.41, 5.74) is 2.85. The Morgan fingerprint density at radius 2 is 2.04 bits per heavy atom. The second-order valence-electron chi connectivity index (χ2n) is 6.64. The largest absolute Gasteiger partial charge is 0.331 e. The molecule has 0 saturated carbocycles. The average Bonchev–Trinajstić information content (AvgIpc) is 3.29. The monoisotopic (exact) mass is 433 g/mol. The molecular formula is C19H19N3O3S3. The van der Waals surface area contributed by atoms with Gasteiger partial charge in [-0.2, -0.15) is 0 Å². The van der Waals surface area contributed by atoms with Gasteiger partial charge in [0.25, 0.3) is 0 Å². The minimum atomic E-state index is -3.38. The van der Waals surface area contributed by atoms with Crippen molar-refractivity contribution in [3.05, 3.63) is 68.9 Å². The average molecular weight is 434 g/mol. The molecule has 1 aromatic carbocycles. The third kappa shape index (κ3) is 4.11. The zero-order valence-electron chi connectivity index (χ0n) is 15.2. The first kappa shape index (κ1) is 19.1. The summed E-state index contributed by atoms with van der Waals surface area (Å²) in [6.07, 6.45) is 2.07. The van der Waals surface area contributed by atoms with Gasteiger partial charge in [-0.1, -0.05) is 30.3 Å². The first-order chi connectivity index (χ1) is 13.4. The molecule has 1 aliphatic heterocycles. The van der Waals surface area contributed by atoms with Gasteiger partial charge in [-0.15, -0.1) is 22.7 Å². The summed E-state index contributed by atoms with van der Waals surface area (Å²) >= 11 is 2.92. The number of hydrogen-bond donors (Lipinski definition) is 1. The highest BCUT2D eigenvalue weighted by atomic mass is 32.2. The number of hydrogen-bond acceptors (Lipinski definition) is 6. The molecule has 6 nitrogen and oxygen atoms in total. The number of benzene rings is 1. The van der Waals surface area contributed by atoms with Crippen molar-refractivity contribution in [2.24, 2.45) is 0 Å². The number of nitrogens with one attached hydrogen (secondary N) is 1. The van der Waals surface area contributed by atoms with E-state index in [1.165, 1.54) is 21.8 Å². The fraction of sp³-hybridized carbons (Fsp3) is 0.263. The topological polar surface area (TPSA) is 79.4 Å². The summed E-state index contributed by atoms with van der Waals surface area (Å²) in [5.74, 6) is -0.0121. The number of fused-ring (bicyclic) bond motifs is 1. The molecule has 146 valence electrons. The molecule has 4 rings (SSSR count). The molecule has 1 aliphatic rings. The summed E-state index contributed by atoms with van der Waals surface area (Å²) in [4.78, 5) is 20.6.